The maximum atomic E-state index is 12.1. The van der Waals surface area contributed by atoms with E-state index in [-0.39, 0.29) is 13.0 Å². The Labute approximate surface area is 115 Å². The van der Waals surface area contributed by atoms with E-state index in [1.165, 1.54) is 7.11 Å². The SMILES string of the molecule is CCCOC(COF)CC(OC)(OCC)OCCC. The minimum absolute atomic E-state index is 0.173. The number of rotatable bonds is 13. The van der Waals surface area contributed by atoms with Gasteiger partial charge < -0.3 is 18.9 Å². The van der Waals surface area contributed by atoms with Crippen LogP contribution in [0.5, 0.6) is 0 Å². The summed E-state index contributed by atoms with van der Waals surface area (Å²) < 4.78 is 34.1. The molecular weight excluding hydrogens is 255 g/mol. The molecule has 6 heteroatoms. The van der Waals surface area contributed by atoms with E-state index in [1.807, 2.05) is 20.8 Å². The molecule has 0 aromatic heterocycles. The summed E-state index contributed by atoms with van der Waals surface area (Å²) >= 11 is 0. The van der Waals surface area contributed by atoms with Crippen molar-refractivity contribution in [1.82, 2.24) is 0 Å². The largest absolute Gasteiger partial charge is 0.375 e. The van der Waals surface area contributed by atoms with Crippen molar-refractivity contribution >= 4 is 0 Å². The maximum absolute atomic E-state index is 12.1. The molecule has 0 bridgehead atoms. The van der Waals surface area contributed by atoms with Crippen molar-refractivity contribution in [3.8, 4) is 0 Å². The minimum Gasteiger partial charge on any atom is -0.375 e. The molecule has 0 aromatic rings. The van der Waals surface area contributed by atoms with Gasteiger partial charge in [0, 0.05) is 20.3 Å². The summed E-state index contributed by atoms with van der Waals surface area (Å²) in [5.41, 5.74) is 0. The molecule has 116 valence electrons. The van der Waals surface area contributed by atoms with E-state index < -0.39 is 12.1 Å². The Morgan fingerprint density at radius 3 is 2.21 bits per heavy atom. The molecule has 0 saturated carbocycles. The molecule has 5 nitrogen and oxygen atoms in total. The number of methoxy groups -OCH3 is 1. The summed E-state index contributed by atoms with van der Waals surface area (Å²) in [5.74, 6) is -1.21. The van der Waals surface area contributed by atoms with Gasteiger partial charge in [-0.2, -0.15) is 4.94 Å². The zero-order valence-electron chi connectivity index (χ0n) is 12.4. The van der Waals surface area contributed by atoms with Crippen LogP contribution in [0.4, 0.5) is 4.53 Å². The Kier molecular flexibility index (Phi) is 11.4. The highest BCUT2D eigenvalue weighted by atomic mass is 19.3. The zero-order chi connectivity index (χ0) is 14.6. The van der Waals surface area contributed by atoms with E-state index in [1.54, 1.807) is 0 Å². The maximum Gasteiger partial charge on any atom is 0.285 e. The molecule has 0 aliphatic rings. The van der Waals surface area contributed by atoms with Crippen molar-refractivity contribution in [3.05, 3.63) is 0 Å². The summed E-state index contributed by atoms with van der Waals surface area (Å²) in [7, 11) is 1.50. The molecule has 0 aromatic carbocycles. The summed E-state index contributed by atoms with van der Waals surface area (Å²) in [6.45, 7) is 7.08. The molecule has 0 fully saturated rings. The van der Waals surface area contributed by atoms with Gasteiger partial charge in [-0.15, -0.1) is 0 Å². The third kappa shape index (κ3) is 7.79. The number of halogens is 1. The summed E-state index contributed by atoms with van der Waals surface area (Å²) in [5, 5.41) is 0. The van der Waals surface area contributed by atoms with Crippen molar-refractivity contribution in [2.75, 3.05) is 33.5 Å². The van der Waals surface area contributed by atoms with Crippen LogP contribution in [0.2, 0.25) is 0 Å². The van der Waals surface area contributed by atoms with Gasteiger partial charge in [0.05, 0.1) is 19.1 Å². The van der Waals surface area contributed by atoms with Crippen molar-refractivity contribution in [1.29, 1.82) is 0 Å². The van der Waals surface area contributed by atoms with Crippen LogP contribution in [0.1, 0.15) is 40.0 Å². The first kappa shape index (κ1) is 18.7. The van der Waals surface area contributed by atoms with Gasteiger partial charge in [-0.1, -0.05) is 13.8 Å². The third-order valence-electron chi connectivity index (χ3n) is 2.49. The van der Waals surface area contributed by atoms with Crippen LogP contribution < -0.4 is 0 Å². The lowest BCUT2D eigenvalue weighted by Crippen LogP contribution is -2.43. The van der Waals surface area contributed by atoms with Gasteiger partial charge in [0.25, 0.3) is 5.97 Å². The first-order chi connectivity index (χ1) is 9.17. The summed E-state index contributed by atoms with van der Waals surface area (Å²) in [4.78, 5) is 3.68. The van der Waals surface area contributed by atoms with Crippen molar-refractivity contribution in [3.63, 3.8) is 0 Å². The second-order valence-corrected chi connectivity index (χ2v) is 4.14. The lowest BCUT2D eigenvalue weighted by Gasteiger charge is -2.34. The molecule has 0 saturated heterocycles. The lowest BCUT2D eigenvalue weighted by atomic mass is 10.2. The van der Waals surface area contributed by atoms with E-state index in [2.05, 4.69) is 4.94 Å². The average molecular weight is 282 g/mol. The molecule has 0 aliphatic heterocycles. The molecular formula is C13H27FO5. The highest BCUT2D eigenvalue weighted by molar-refractivity contribution is 4.67. The van der Waals surface area contributed by atoms with Crippen LogP contribution >= 0.6 is 0 Å². The average Bonchev–Trinajstić information content (AvgIpc) is 2.42. The predicted octanol–water partition coefficient (Wildman–Crippen LogP) is 2.84. The smallest absolute Gasteiger partial charge is 0.285 e. The topological polar surface area (TPSA) is 46.2 Å². The van der Waals surface area contributed by atoms with E-state index in [0.717, 1.165) is 12.8 Å². The first-order valence-corrected chi connectivity index (χ1v) is 6.86. The van der Waals surface area contributed by atoms with Crippen LogP contribution in [0.25, 0.3) is 0 Å². The first-order valence-electron chi connectivity index (χ1n) is 6.86. The fraction of sp³-hybridized carbons (Fsp3) is 1.00. The van der Waals surface area contributed by atoms with Gasteiger partial charge in [0.1, 0.15) is 6.61 Å². The minimum atomic E-state index is -1.21. The standard InChI is InChI=1S/C13H27FO5/c1-5-8-16-12(11-19-14)10-13(15-4,17-7-3)18-9-6-2/h12H,5-11H2,1-4H3. The number of hydrogen-bond donors (Lipinski definition) is 0. The van der Waals surface area contributed by atoms with E-state index >= 15 is 0 Å². The Hall–Kier alpha value is -0.270. The zero-order valence-corrected chi connectivity index (χ0v) is 12.4. The summed E-state index contributed by atoms with van der Waals surface area (Å²) in [6, 6.07) is 0. The highest BCUT2D eigenvalue weighted by Crippen LogP contribution is 2.23. The second kappa shape index (κ2) is 11.5. The summed E-state index contributed by atoms with van der Waals surface area (Å²) in [6.07, 6.45) is 1.44. The molecule has 0 rings (SSSR count). The van der Waals surface area contributed by atoms with E-state index in [0.29, 0.717) is 19.8 Å². The number of hydrogen-bond acceptors (Lipinski definition) is 5. The predicted molar refractivity (Wildman–Crippen MR) is 69.3 cm³/mol. The third-order valence-corrected chi connectivity index (χ3v) is 2.49. The fourth-order valence-corrected chi connectivity index (χ4v) is 1.64. The Morgan fingerprint density at radius 2 is 1.74 bits per heavy atom. The van der Waals surface area contributed by atoms with E-state index in [9.17, 15) is 4.53 Å². The van der Waals surface area contributed by atoms with Gasteiger partial charge in [-0.25, -0.2) is 0 Å². The molecule has 0 amide bonds. The van der Waals surface area contributed by atoms with Crippen LogP contribution in [0, 0.1) is 0 Å². The van der Waals surface area contributed by atoms with Crippen LogP contribution in [0.3, 0.4) is 0 Å². The van der Waals surface area contributed by atoms with Crippen LogP contribution in [-0.4, -0.2) is 45.6 Å². The molecule has 2 unspecified atom stereocenters. The molecule has 0 radical (unpaired) electrons. The quantitative estimate of drug-likeness (QED) is 0.486. The molecule has 19 heavy (non-hydrogen) atoms. The monoisotopic (exact) mass is 282 g/mol. The van der Waals surface area contributed by atoms with Gasteiger partial charge in [0.2, 0.25) is 0 Å². The molecule has 0 heterocycles. The van der Waals surface area contributed by atoms with Crippen LogP contribution in [0.15, 0.2) is 0 Å². The Balaban J connectivity index is 4.60. The molecule has 0 N–H and O–H groups in total. The highest BCUT2D eigenvalue weighted by Gasteiger charge is 2.36. The molecule has 2 atom stereocenters. The second-order valence-electron chi connectivity index (χ2n) is 4.14. The van der Waals surface area contributed by atoms with Crippen molar-refractivity contribution < 1.29 is 28.4 Å². The fourth-order valence-electron chi connectivity index (χ4n) is 1.64. The van der Waals surface area contributed by atoms with Gasteiger partial charge >= 0.3 is 0 Å². The van der Waals surface area contributed by atoms with Crippen molar-refractivity contribution in [2.24, 2.45) is 0 Å². The van der Waals surface area contributed by atoms with Gasteiger partial charge in [0.15, 0.2) is 0 Å². The van der Waals surface area contributed by atoms with Gasteiger partial charge in [-0.3, -0.25) is 0 Å². The lowest BCUT2D eigenvalue weighted by molar-refractivity contribution is -0.382. The van der Waals surface area contributed by atoms with E-state index in [4.69, 9.17) is 18.9 Å². The molecule has 0 aliphatic carbocycles. The Morgan fingerprint density at radius 1 is 1.05 bits per heavy atom. The number of ether oxygens (including phenoxy) is 4. The van der Waals surface area contributed by atoms with Crippen LogP contribution in [-0.2, 0) is 23.9 Å². The van der Waals surface area contributed by atoms with Gasteiger partial charge in [-0.05, 0) is 24.3 Å². The van der Waals surface area contributed by atoms with Crippen molar-refractivity contribution in [2.45, 2.75) is 52.1 Å². The normalized spacial score (nSPS) is 16.3. The Bertz CT molecular complexity index is 205. The molecule has 0 spiro atoms.